The maximum Gasteiger partial charge on any atom is 0.231 e. The zero-order chi connectivity index (χ0) is 16.1. The van der Waals surface area contributed by atoms with E-state index in [-0.39, 0.29) is 12.3 Å². The number of carbonyl (C=O) groups is 1. The zero-order valence-electron chi connectivity index (χ0n) is 12.4. The van der Waals surface area contributed by atoms with Crippen LogP contribution >= 0.6 is 11.3 Å². The lowest BCUT2D eigenvalue weighted by atomic mass is 10.3. The van der Waals surface area contributed by atoms with Gasteiger partial charge in [0.25, 0.3) is 0 Å². The molecule has 0 aliphatic rings. The summed E-state index contributed by atoms with van der Waals surface area (Å²) in [6, 6.07) is 5.29. The third-order valence-electron chi connectivity index (χ3n) is 2.83. The van der Waals surface area contributed by atoms with E-state index in [0.29, 0.717) is 29.6 Å². The number of thiazole rings is 1. The lowest BCUT2D eigenvalue weighted by Crippen LogP contribution is -2.14. The Morgan fingerprint density at radius 1 is 1.48 bits per heavy atom. The van der Waals surface area contributed by atoms with Gasteiger partial charge in [0.15, 0.2) is 5.82 Å². The summed E-state index contributed by atoms with van der Waals surface area (Å²) in [4.78, 5) is 20.3. The van der Waals surface area contributed by atoms with E-state index < -0.39 is 0 Å². The molecule has 3 rings (SSSR count). The predicted molar refractivity (Wildman–Crippen MR) is 84.3 cm³/mol. The first kappa shape index (κ1) is 15.2. The van der Waals surface area contributed by atoms with Crippen molar-refractivity contribution in [2.75, 3.05) is 5.32 Å². The average molecular weight is 330 g/mol. The number of aromatic nitrogens is 3. The van der Waals surface area contributed by atoms with Gasteiger partial charge < -0.3 is 14.6 Å². The van der Waals surface area contributed by atoms with Gasteiger partial charge in [0.1, 0.15) is 23.1 Å². The number of nitrogens with one attached hydrogen (secondary N) is 1. The van der Waals surface area contributed by atoms with Gasteiger partial charge in [-0.3, -0.25) is 9.78 Å². The molecule has 1 N–H and O–H groups in total. The Labute approximate surface area is 136 Å². The number of rotatable bonds is 6. The minimum atomic E-state index is -0.191. The Morgan fingerprint density at radius 2 is 2.39 bits per heavy atom. The van der Waals surface area contributed by atoms with Crippen LogP contribution in [0.25, 0.3) is 0 Å². The molecule has 0 aliphatic carbocycles. The van der Waals surface area contributed by atoms with Gasteiger partial charge in [-0.05, 0) is 19.1 Å². The molecule has 0 bridgehead atoms. The molecule has 0 fully saturated rings. The van der Waals surface area contributed by atoms with E-state index in [1.807, 2.05) is 11.4 Å². The second-order valence-electron chi connectivity index (χ2n) is 4.76. The van der Waals surface area contributed by atoms with E-state index >= 15 is 0 Å². The molecule has 3 aromatic heterocycles. The molecule has 0 spiro atoms. The monoisotopic (exact) mass is 330 g/mol. The van der Waals surface area contributed by atoms with Crippen LogP contribution in [-0.2, 0) is 17.8 Å². The molecule has 118 valence electrons. The van der Waals surface area contributed by atoms with Crippen molar-refractivity contribution in [1.82, 2.24) is 15.1 Å². The van der Waals surface area contributed by atoms with Crippen LogP contribution in [0.2, 0.25) is 0 Å². The molecule has 0 aliphatic heterocycles. The third-order valence-corrected chi connectivity index (χ3v) is 3.70. The van der Waals surface area contributed by atoms with Crippen molar-refractivity contribution >= 4 is 23.1 Å². The Bertz CT molecular complexity index is 785. The molecule has 7 nitrogen and oxygen atoms in total. The molecule has 0 atom stereocenters. The molecule has 0 radical (unpaired) electrons. The lowest BCUT2D eigenvalue weighted by Gasteiger charge is -2.02. The first-order chi connectivity index (χ1) is 11.2. The van der Waals surface area contributed by atoms with Gasteiger partial charge in [0, 0.05) is 17.6 Å². The van der Waals surface area contributed by atoms with Crippen LogP contribution in [0.3, 0.4) is 0 Å². The lowest BCUT2D eigenvalue weighted by molar-refractivity contribution is -0.115. The van der Waals surface area contributed by atoms with E-state index in [1.165, 1.54) is 11.3 Å². The highest BCUT2D eigenvalue weighted by Gasteiger charge is 2.10. The molecule has 3 aromatic rings. The van der Waals surface area contributed by atoms with E-state index in [1.54, 1.807) is 31.5 Å². The summed E-state index contributed by atoms with van der Waals surface area (Å²) in [5.74, 6) is 1.54. The number of anilines is 1. The van der Waals surface area contributed by atoms with Crippen molar-refractivity contribution in [3.8, 4) is 5.75 Å². The van der Waals surface area contributed by atoms with Crippen LogP contribution in [0.4, 0.5) is 5.82 Å². The fourth-order valence-electron chi connectivity index (χ4n) is 1.85. The van der Waals surface area contributed by atoms with Crippen molar-refractivity contribution in [2.45, 2.75) is 20.0 Å². The van der Waals surface area contributed by atoms with Crippen LogP contribution in [0.15, 0.2) is 40.5 Å². The van der Waals surface area contributed by atoms with Crippen molar-refractivity contribution < 1.29 is 14.1 Å². The standard InChI is InChI=1S/C15H14N4O3S/c1-10-5-13(19-22-10)18-14(20)6-11-9-23-15(17-11)8-21-12-3-2-4-16-7-12/h2-5,7,9H,6,8H2,1H3,(H,18,19,20). The molecule has 23 heavy (non-hydrogen) atoms. The Balaban J connectivity index is 1.51. The second kappa shape index (κ2) is 7.01. The first-order valence-corrected chi connectivity index (χ1v) is 7.76. The average Bonchev–Trinajstić information content (AvgIpc) is 3.15. The van der Waals surface area contributed by atoms with Crippen LogP contribution < -0.4 is 10.1 Å². The number of aryl methyl sites for hydroxylation is 1. The van der Waals surface area contributed by atoms with E-state index in [0.717, 1.165) is 5.01 Å². The number of hydrogen-bond donors (Lipinski definition) is 1. The molecule has 8 heteroatoms. The number of ether oxygens (including phenoxy) is 1. The molecule has 0 saturated carbocycles. The smallest absolute Gasteiger partial charge is 0.231 e. The van der Waals surface area contributed by atoms with Gasteiger partial charge in [-0.2, -0.15) is 0 Å². The number of amides is 1. The predicted octanol–water partition coefficient (Wildman–Crippen LogP) is 2.59. The quantitative estimate of drug-likeness (QED) is 0.747. The Hall–Kier alpha value is -2.74. The highest BCUT2D eigenvalue weighted by atomic mass is 32.1. The molecular weight excluding hydrogens is 316 g/mol. The van der Waals surface area contributed by atoms with Crippen LogP contribution in [0.1, 0.15) is 16.5 Å². The summed E-state index contributed by atoms with van der Waals surface area (Å²) in [5.41, 5.74) is 0.692. The van der Waals surface area contributed by atoms with E-state index in [4.69, 9.17) is 9.26 Å². The largest absolute Gasteiger partial charge is 0.485 e. The Kier molecular flexibility index (Phi) is 4.62. The highest BCUT2D eigenvalue weighted by Crippen LogP contribution is 2.15. The van der Waals surface area contributed by atoms with Crippen molar-refractivity contribution in [3.05, 3.63) is 52.4 Å². The van der Waals surface area contributed by atoms with E-state index in [2.05, 4.69) is 20.4 Å². The van der Waals surface area contributed by atoms with Crippen LogP contribution in [0.5, 0.6) is 5.75 Å². The first-order valence-electron chi connectivity index (χ1n) is 6.88. The number of pyridine rings is 1. The molecule has 1 amide bonds. The maximum atomic E-state index is 11.9. The highest BCUT2D eigenvalue weighted by molar-refractivity contribution is 7.09. The van der Waals surface area contributed by atoms with E-state index in [9.17, 15) is 4.79 Å². The second-order valence-corrected chi connectivity index (χ2v) is 5.70. The Morgan fingerprint density at radius 3 is 3.13 bits per heavy atom. The summed E-state index contributed by atoms with van der Waals surface area (Å²) in [6.07, 6.45) is 3.50. The van der Waals surface area contributed by atoms with Gasteiger partial charge in [-0.15, -0.1) is 11.3 Å². The number of nitrogens with zero attached hydrogens (tertiary/aromatic N) is 3. The summed E-state index contributed by atoms with van der Waals surface area (Å²) < 4.78 is 10.5. The van der Waals surface area contributed by atoms with Crippen molar-refractivity contribution in [2.24, 2.45) is 0 Å². The summed E-state index contributed by atoms with van der Waals surface area (Å²) >= 11 is 1.45. The molecule has 0 unspecified atom stereocenters. The van der Waals surface area contributed by atoms with Gasteiger partial charge >= 0.3 is 0 Å². The molecule has 3 heterocycles. The summed E-state index contributed by atoms with van der Waals surface area (Å²) in [7, 11) is 0. The minimum absolute atomic E-state index is 0.176. The number of carbonyl (C=O) groups excluding carboxylic acids is 1. The summed E-state index contributed by atoms with van der Waals surface area (Å²) in [6.45, 7) is 2.11. The van der Waals surface area contributed by atoms with Gasteiger partial charge in [0.05, 0.1) is 18.3 Å². The normalized spacial score (nSPS) is 10.5. The summed E-state index contributed by atoms with van der Waals surface area (Å²) in [5, 5.41) is 9.02. The topological polar surface area (TPSA) is 90.1 Å². The number of hydrogen-bond acceptors (Lipinski definition) is 7. The third kappa shape index (κ3) is 4.36. The fraction of sp³-hybridized carbons (Fsp3) is 0.200. The SMILES string of the molecule is Cc1cc(NC(=O)Cc2csc(COc3cccnc3)n2)no1. The van der Waals surface area contributed by atoms with Crippen LogP contribution in [-0.4, -0.2) is 21.0 Å². The molecular formula is C15H14N4O3S. The van der Waals surface area contributed by atoms with Gasteiger partial charge in [-0.25, -0.2) is 4.98 Å². The van der Waals surface area contributed by atoms with Crippen molar-refractivity contribution in [1.29, 1.82) is 0 Å². The molecule has 0 aromatic carbocycles. The van der Waals surface area contributed by atoms with Crippen molar-refractivity contribution in [3.63, 3.8) is 0 Å². The zero-order valence-corrected chi connectivity index (χ0v) is 13.2. The van der Waals surface area contributed by atoms with Gasteiger partial charge in [0.2, 0.25) is 5.91 Å². The molecule has 0 saturated heterocycles. The van der Waals surface area contributed by atoms with Gasteiger partial charge in [-0.1, -0.05) is 5.16 Å². The fourth-order valence-corrected chi connectivity index (χ4v) is 2.56. The van der Waals surface area contributed by atoms with Crippen LogP contribution in [0, 0.1) is 6.92 Å². The minimum Gasteiger partial charge on any atom is -0.485 e. The maximum absolute atomic E-state index is 11.9.